The van der Waals surface area contributed by atoms with Gasteiger partial charge in [0.05, 0.1) is 33.3 Å². The van der Waals surface area contributed by atoms with E-state index in [1.165, 1.54) is 82.9 Å². The van der Waals surface area contributed by atoms with Crippen molar-refractivity contribution in [1.29, 1.82) is 0 Å². The van der Waals surface area contributed by atoms with Gasteiger partial charge in [-0.3, -0.25) is 0 Å². The topological polar surface area (TPSA) is 7.65 Å². The maximum absolute atomic E-state index is 2.50. The van der Waals surface area contributed by atoms with E-state index in [4.69, 9.17) is 0 Å². The summed E-state index contributed by atoms with van der Waals surface area (Å²) < 4.78 is 2.48. The van der Waals surface area contributed by atoms with Gasteiger partial charge in [0.15, 0.2) is 0 Å². The van der Waals surface area contributed by atoms with E-state index in [2.05, 4.69) is 181 Å². The average Bonchev–Trinajstić information content (AvgIpc) is 3.64. The van der Waals surface area contributed by atoms with Gasteiger partial charge in [-0.15, -0.1) is 0 Å². The molecule has 2 heteroatoms. The third-order valence-electron chi connectivity index (χ3n) is 10.5. The van der Waals surface area contributed by atoms with E-state index in [1.54, 1.807) is 0 Å². The summed E-state index contributed by atoms with van der Waals surface area (Å²) in [6.07, 6.45) is 0. The Morgan fingerprint density at radius 1 is 0.426 bits per heavy atom. The van der Waals surface area contributed by atoms with Crippen LogP contribution in [0.3, 0.4) is 0 Å². The molecular formula is C45H32N2. The Kier molecular flexibility index (Phi) is 5.37. The van der Waals surface area contributed by atoms with Crippen molar-refractivity contribution in [3.8, 4) is 0 Å². The molecule has 2 nitrogen and oxygen atoms in total. The van der Waals surface area contributed by atoms with Gasteiger partial charge in [0.1, 0.15) is 0 Å². The molecule has 0 radical (unpaired) electrons. The largest absolute Gasteiger partial charge is 0.310 e. The minimum absolute atomic E-state index is 0.489. The highest BCUT2D eigenvalue weighted by Crippen LogP contribution is 2.58. The van der Waals surface area contributed by atoms with Gasteiger partial charge in [-0.1, -0.05) is 139 Å². The number of rotatable bonds is 3. The zero-order valence-electron chi connectivity index (χ0n) is 26.4. The third kappa shape index (κ3) is 3.45. The molecule has 0 spiro atoms. The SMILES string of the molecule is Cc1ccc2c(c1)C(c1ccccc1)(c1ccccc1)c1cc(C)ccc1N2c1ccc2c3cccc4c5ccccc5n(c2c1)c43. The van der Waals surface area contributed by atoms with E-state index in [9.17, 15) is 0 Å². The second-order valence-corrected chi connectivity index (χ2v) is 13.1. The van der Waals surface area contributed by atoms with Gasteiger partial charge in [0.25, 0.3) is 0 Å². The van der Waals surface area contributed by atoms with Crippen molar-refractivity contribution in [3.63, 3.8) is 0 Å². The highest BCUT2D eigenvalue weighted by molar-refractivity contribution is 6.23. The molecule has 0 amide bonds. The van der Waals surface area contributed by atoms with Crippen LogP contribution in [0.1, 0.15) is 33.4 Å². The lowest BCUT2D eigenvalue weighted by molar-refractivity contribution is 0.729. The van der Waals surface area contributed by atoms with Crippen LogP contribution < -0.4 is 4.90 Å². The number of hydrogen-bond donors (Lipinski definition) is 0. The van der Waals surface area contributed by atoms with Crippen molar-refractivity contribution in [1.82, 2.24) is 4.40 Å². The first kappa shape index (κ1) is 26.4. The number of aromatic nitrogens is 1. The molecule has 3 heterocycles. The summed E-state index contributed by atoms with van der Waals surface area (Å²) in [5.41, 5.74) is 14.5. The number of anilines is 3. The van der Waals surface area contributed by atoms with Crippen LogP contribution >= 0.6 is 0 Å². The van der Waals surface area contributed by atoms with Gasteiger partial charge < -0.3 is 9.30 Å². The zero-order valence-corrected chi connectivity index (χ0v) is 26.4. The zero-order chi connectivity index (χ0) is 31.3. The summed E-state index contributed by atoms with van der Waals surface area (Å²) in [7, 11) is 0. The quantitative estimate of drug-likeness (QED) is 0.196. The van der Waals surface area contributed by atoms with Crippen molar-refractivity contribution in [2.24, 2.45) is 0 Å². The fourth-order valence-electron chi connectivity index (χ4n) is 8.57. The molecular weight excluding hydrogens is 569 g/mol. The van der Waals surface area contributed by atoms with E-state index < -0.39 is 5.41 Å². The predicted octanol–water partition coefficient (Wildman–Crippen LogP) is 11.6. The molecule has 1 aliphatic heterocycles. The van der Waals surface area contributed by atoms with E-state index in [0.717, 1.165) is 5.69 Å². The highest BCUT2D eigenvalue weighted by atomic mass is 15.2. The molecule has 0 N–H and O–H groups in total. The number of nitrogens with zero attached hydrogens (tertiary/aromatic N) is 2. The van der Waals surface area contributed by atoms with Gasteiger partial charge in [-0.25, -0.2) is 0 Å². The number of fused-ring (bicyclic) bond motifs is 8. The van der Waals surface area contributed by atoms with Gasteiger partial charge in [-0.05, 0) is 66.4 Å². The third-order valence-corrected chi connectivity index (χ3v) is 10.5. The Morgan fingerprint density at radius 2 is 0.957 bits per heavy atom. The summed E-state index contributed by atoms with van der Waals surface area (Å²) in [5.74, 6) is 0. The molecule has 47 heavy (non-hydrogen) atoms. The summed E-state index contributed by atoms with van der Waals surface area (Å²) >= 11 is 0. The lowest BCUT2D eigenvalue weighted by Gasteiger charge is -2.46. The lowest BCUT2D eigenvalue weighted by Crippen LogP contribution is -2.38. The maximum atomic E-state index is 2.50. The minimum atomic E-state index is -0.489. The molecule has 2 aromatic heterocycles. The molecule has 0 fully saturated rings. The second kappa shape index (κ2) is 9.57. The van der Waals surface area contributed by atoms with Crippen LogP contribution in [0.2, 0.25) is 0 Å². The summed E-state index contributed by atoms with van der Waals surface area (Å²) in [5, 5.41) is 5.20. The van der Waals surface area contributed by atoms with Crippen LogP contribution in [0.25, 0.3) is 38.1 Å². The first-order valence-electron chi connectivity index (χ1n) is 16.4. The molecule has 0 saturated heterocycles. The van der Waals surface area contributed by atoms with E-state index in [-0.39, 0.29) is 0 Å². The number of hydrogen-bond acceptors (Lipinski definition) is 1. The Labute approximate surface area is 274 Å². The van der Waals surface area contributed by atoms with Crippen LogP contribution in [0.15, 0.2) is 158 Å². The molecule has 222 valence electrons. The molecule has 9 aromatic rings. The monoisotopic (exact) mass is 600 g/mol. The van der Waals surface area contributed by atoms with E-state index >= 15 is 0 Å². The van der Waals surface area contributed by atoms with Crippen LogP contribution in [0.4, 0.5) is 17.1 Å². The normalized spacial score (nSPS) is 13.9. The highest BCUT2D eigenvalue weighted by Gasteiger charge is 2.46. The first-order chi connectivity index (χ1) is 23.1. The number of aryl methyl sites for hydroxylation is 2. The molecule has 7 aromatic carbocycles. The first-order valence-corrected chi connectivity index (χ1v) is 16.4. The van der Waals surface area contributed by atoms with Crippen molar-refractivity contribution >= 4 is 55.2 Å². The Morgan fingerprint density at radius 3 is 1.57 bits per heavy atom. The number of para-hydroxylation sites is 2. The van der Waals surface area contributed by atoms with Crippen molar-refractivity contribution in [3.05, 3.63) is 191 Å². The average molecular weight is 601 g/mol. The van der Waals surface area contributed by atoms with Gasteiger partial charge >= 0.3 is 0 Å². The molecule has 0 saturated carbocycles. The summed E-state index contributed by atoms with van der Waals surface area (Å²) in [6.45, 7) is 4.43. The predicted molar refractivity (Wildman–Crippen MR) is 197 cm³/mol. The van der Waals surface area contributed by atoms with Crippen molar-refractivity contribution in [2.75, 3.05) is 4.90 Å². The van der Waals surface area contributed by atoms with E-state index in [0.29, 0.717) is 0 Å². The number of benzene rings is 7. The van der Waals surface area contributed by atoms with Crippen LogP contribution in [-0.4, -0.2) is 4.40 Å². The molecule has 0 atom stereocenters. The van der Waals surface area contributed by atoms with Crippen molar-refractivity contribution < 1.29 is 0 Å². The standard InChI is InChI=1S/C45H32N2/c1-29-20-24-41-38(26-29)45(31-12-5-3-6-13-31,32-14-7-4-8-15-32)39-27-30(2)21-25-42(39)46(41)33-22-23-35-37-18-11-17-36-34-16-9-10-19-40(34)47(44(36)37)43(35)28-33/h3-28H,1-2H3. The fourth-order valence-corrected chi connectivity index (χ4v) is 8.57. The fraction of sp³-hybridized carbons (Fsp3) is 0.0667. The Hall–Kier alpha value is -5.86. The van der Waals surface area contributed by atoms with Crippen LogP contribution in [-0.2, 0) is 5.41 Å². The minimum Gasteiger partial charge on any atom is -0.310 e. The Bertz CT molecular complexity index is 2550. The Balaban J connectivity index is 1.33. The van der Waals surface area contributed by atoms with Gasteiger partial charge in [0, 0.05) is 27.2 Å². The van der Waals surface area contributed by atoms with Crippen molar-refractivity contribution in [2.45, 2.75) is 19.3 Å². The molecule has 0 bridgehead atoms. The van der Waals surface area contributed by atoms with E-state index in [1.807, 2.05) is 0 Å². The van der Waals surface area contributed by atoms with Crippen LogP contribution in [0, 0.1) is 13.8 Å². The lowest BCUT2D eigenvalue weighted by atomic mass is 9.62. The van der Waals surface area contributed by atoms with Gasteiger partial charge in [0.2, 0.25) is 0 Å². The molecule has 0 unspecified atom stereocenters. The second-order valence-electron chi connectivity index (χ2n) is 13.1. The van der Waals surface area contributed by atoms with Gasteiger partial charge in [-0.2, -0.15) is 0 Å². The summed E-state index contributed by atoms with van der Waals surface area (Å²) in [6, 6.07) is 58.8. The molecule has 0 aliphatic carbocycles. The summed E-state index contributed by atoms with van der Waals surface area (Å²) in [4.78, 5) is 2.50. The smallest absolute Gasteiger partial charge is 0.0742 e. The maximum Gasteiger partial charge on any atom is 0.0742 e. The van der Waals surface area contributed by atoms with Crippen LogP contribution in [0.5, 0.6) is 0 Å². The molecule has 10 rings (SSSR count). The molecule has 1 aliphatic rings.